The van der Waals surface area contributed by atoms with E-state index in [0.717, 1.165) is 18.9 Å². The summed E-state index contributed by atoms with van der Waals surface area (Å²) in [5.74, 6) is -0.557. The van der Waals surface area contributed by atoms with Crippen LogP contribution < -0.4 is 5.32 Å². The minimum Gasteiger partial charge on any atom is -0.463 e. The van der Waals surface area contributed by atoms with Crippen molar-refractivity contribution >= 4 is 11.9 Å². The molecule has 0 unspecified atom stereocenters. The van der Waals surface area contributed by atoms with Crippen molar-refractivity contribution in [3.05, 3.63) is 24.8 Å². The summed E-state index contributed by atoms with van der Waals surface area (Å²) in [5, 5.41) is 2.50. The van der Waals surface area contributed by atoms with Gasteiger partial charge in [0, 0.05) is 18.7 Å². The number of ether oxygens (including phenoxy) is 1. The van der Waals surface area contributed by atoms with Crippen molar-refractivity contribution in [1.82, 2.24) is 5.32 Å². The first-order chi connectivity index (χ1) is 7.11. The maximum absolute atomic E-state index is 11.0. The lowest BCUT2D eigenvalue weighted by Gasteiger charge is -2.04. The average Bonchev–Trinajstić information content (AvgIpc) is 2.26. The molecule has 84 valence electrons. The van der Waals surface area contributed by atoms with E-state index in [0.29, 0.717) is 18.6 Å². The quantitative estimate of drug-likeness (QED) is 0.391. The number of esters is 1. The zero-order valence-electron chi connectivity index (χ0n) is 9.04. The van der Waals surface area contributed by atoms with E-state index in [1.807, 2.05) is 0 Å². The predicted molar refractivity (Wildman–Crippen MR) is 58.2 cm³/mol. The molecule has 0 aromatic heterocycles. The fourth-order valence-electron chi connectivity index (χ4n) is 0.962. The lowest BCUT2D eigenvalue weighted by Crippen LogP contribution is -2.19. The van der Waals surface area contributed by atoms with Crippen LogP contribution in [0.4, 0.5) is 0 Å². The number of nitrogens with one attached hydrogen (secondary N) is 1. The van der Waals surface area contributed by atoms with E-state index in [2.05, 4.69) is 18.5 Å². The molecule has 0 heterocycles. The van der Waals surface area contributed by atoms with Crippen LogP contribution in [0.15, 0.2) is 24.8 Å². The summed E-state index contributed by atoms with van der Waals surface area (Å²) >= 11 is 0. The Bertz CT molecular complexity index is 259. The maximum atomic E-state index is 11.0. The molecule has 0 radical (unpaired) electrons. The van der Waals surface area contributed by atoms with Crippen molar-refractivity contribution in [1.29, 1.82) is 0 Å². The maximum Gasteiger partial charge on any atom is 0.330 e. The van der Waals surface area contributed by atoms with Gasteiger partial charge >= 0.3 is 5.97 Å². The van der Waals surface area contributed by atoms with Crippen LogP contribution in [0.5, 0.6) is 0 Å². The lowest BCUT2D eigenvalue weighted by atomic mass is 10.1. The van der Waals surface area contributed by atoms with Crippen LogP contribution in [-0.4, -0.2) is 25.5 Å². The van der Waals surface area contributed by atoms with Crippen LogP contribution in [0.2, 0.25) is 0 Å². The van der Waals surface area contributed by atoms with E-state index in [1.165, 1.54) is 0 Å². The van der Waals surface area contributed by atoms with E-state index in [-0.39, 0.29) is 5.91 Å². The Morgan fingerprint density at radius 1 is 1.40 bits per heavy atom. The highest BCUT2D eigenvalue weighted by Crippen LogP contribution is 2.05. The second-order valence-electron chi connectivity index (χ2n) is 3.01. The topological polar surface area (TPSA) is 55.4 Å². The van der Waals surface area contributed by atoms with E-state index in [9.17, 15) is 9.59 Å². The number of amides is 1. The van der Waals surface area contributed by atoms with Crippen LogP contribution in [-0.2, 0) is 14.3 Å². The minimum absolute atomic E-state index is 0.141. The molecule has 4 heteroatoms. The molecular weight excluding hydrogens is 194 g/mol. The lowest BCUT2D eigenvalue weighted by molar-refractivity contribution is -0.137. The van der Waals surface area contributed by atoms with Gasteiger partial charge in [-0.15, -0.1) is 0 Å². The molecule has 0 aliphatic rings. The van der Waals surface area contributed by atoms with Crippen molar-refractivity contribution in [2.75, 3.05) is 13.7 Å². The van der Waals surface area contributed by atoms with Crippen LogP contribution in [0, 0.1) is 0 Å². The average molecular weight is 211 g/mol. The van der Waals surface area contributed by atoms with E-state index in [4.69, 9.17) is 4.74 Å². The Balaban J connectivity index is 3.47. The molecule has 0 aliphatic heterocycles. The molecule has 0 fully saturated rings. The Morgan fingerprint density at radius 3 is 2.60 bits per heavy atom. The third-order valence-corrected chi connectivity index (χ3v) is 1.83. The van der Waals surface area contributed by atoms with E-state index in [1.54, 1.807) is 7.05 Å². The van der Waals surface area contributed by atoms with Crippen LogP contribution in [0.3, 0.4) is 0 Å². The fourth-order valence-corrected chi connectivity index (χ4v) is 0.962. The Hall–Kier alpha value is -1.58. The molecule has 0 saturated heterocycles. The van der Waals surface area contributed by atoms with Crippen LogP contribution in [0.25, 0.3) is 0 Å². The number of carbonyl (C=O) groups is 2. The summed E-state index contributed by atoms with van der Waals surface area (Å²) in [7, 11) is 1.57. The summed E-state index contributed by atoms with van der Waals surface area (Å²) < 4.78 is 4.77. The van der Waals surface area contributed by atoms with E-state index < -0.39 is 5.97 Å². The van der Waals surface area contributed by atoms with Gasteiger partial charge in [-0.2, -0.15) is 0 Å². The molecule has 0 bridgehead atoms. The molecule has 0 aromatic carbocycles. The van der Waals surface area contributed by atoms with Gasteiger partial charge in [-0.1, -0.05) is 13.2 Å². The van der Waals surface area contributed by atoms with Crippen molar-refractivity contribution in [2.45, 2.75) is 19.3 Å². The monoisotopic (exact) mass is 211 g/mol. The van der Waals surface area contributed by atoms with Crippen molar-refractivity contribution in [3.63, 3.8) is 0 Å². The van der Waals surface area contributed by atoms with Crippen LogP contribution in [0.1, 0.15) is 19.3 Å². The molecule has 0 aromatic rings. The highest BCUT2D eigenvalue weighted by molar-refractivity contribution is 5.92. The van der Waals surface area contributed by atoms with Crippen molar-refractivity contribution < 1.29 is 14.3 Å². The van der Waals surface area contributed by atoms with Gasteiger partial charge in [0.05, 0.1) is 6.61 Å². The number of carbonyl (C=O) groups excluding carboxylic acids is 2. The van der Waals surface area contributed by atoms with Gasteiger partial charge in [0.2, 0.25) is 5.91 Å². The largest absolute Gasteiger partial charge is 0.463 e. The molecular formula is C11H17NO3. The molecule has 4 nitrogen and oxygen atoms in total. The minimum atomic E-state index is -0.417. The molecule has 0 atom stereocenters. The standard InChI is InChI=1S/C11H17NO3/c1-4-10(13)15-8-6-5-7-9(2)11(14)12-3/h4H,1-2,5-8H2,3H3,(H,12,14). The molecule has 0 rings (SSSR count). The zero-order valence-corrected chi connectivity index (χ0v) is 9.04. The highest BCUT2D eigenvalue weighted by atomic mass is 16.5. The molecule has 0 saturated carbocycles. The second-order valence-corrected chi connectivity index (χ2v) is 3.01. The SMILES string of the molecule is C=CC(=O)OCCCCC(=C)C(=O)NC. The first kappa shape index (κ1) is 13.4. The summed E-state index contributed by atoms with van der Waals surface area (Å²) in [6.45, 7) is 7.27. The van der Waals surface area contributed by atoms with Gasteiger partial charge in [-0.3, -0.25) is 4.79 Å². The Kier molecular flexibility index (Phi) is 6.97. The molecule has 15 heavy (non-hydrogen) atoms. The first-order valence-electron chi connectivity index (χ1n) is 4.81. The van der Waals surface area contributed by atoms with Gasteiger partial charge in [0.25, 0.3) is 0 Å². The van der Waals surface area contributed by atoms with E-state index >= 15 is 0 Å². The van der Waals surface area contributed by atoms with Gasteiger partial charge in [0.15, 0.2) is 0 Å². The van der Waals surface area contributed by atoms with Gasteiger partial charge in [0.1, 0.15) is 0 Å². The Labute approximate surface area is 90.0 Å². The number of rotatable bonds is 7. The highest BCUT2D eigenvalue weighted by Gasteiger charge is 2.03. The zero-order chi connectivity index (χ0) is 11.7. The number of unbranched alkanes of at least 4 members (excludes halogenated alkanes) is 1. The third-order valence-electron chi connectivity index (χ3n) is 1.83. The number of hydrogen-bond acceptors (Lipinski definition) is 3. The van der Waals surface area contributed by atoms with Gasteiger partial charge < -0.3 is 10.1 Å². The smallest absolute Gasteiger partial charge is 0.330 e. The molecule has 0 spiro atoms. The summed E-state index contributed by atoms with van der Waals surface area (Å²) in [5.41, 5.74) is 0.549. The molecule has 0 aliphatic carbocycles. The van der Waals surface area contributed by atoms with Crippen molar-refractivity contribution in [3.8, 4) is 0 Å². The molecule has 1 amide bonds. The number of likely N-dealkylation sites (N-methyl/N-ethyl adjacent to an activating group) is 1. The summed E-state index contributed by atoms with van der Waals surface area (Å²) in [4.78, 5) is 21.7. The van der Waals surface area contributed by atoms with Crippen LogP contribution >= 0.6 is 0 Å². The normalized spacial score (nSPS) is 9.13. The van der Waals surface area contributed by atoms with Gasteiger partial charge in [-0.05, 0) is 19.3 Å². The number of hydrogen-bond donors (Lipinski definition) is 1. The predicted octanol–water partition coefficient (Wildman–Crippen LogP) is 1.19. The Morgan fingerprint density at radius 2 is 2.07 bits per heavy atom. The third kappa shape index (κ3) is 6.49. The van der Waals surface area contributed by atoms with Gasteiger partial charge in [-0.25, -0.2) is 4.79 Å². The summed E-state index contributed by atoms with van der Waals surface area (Å²) in [6, 6.07) is 0. The molecule has 1 N–H and O–H groups in total. The first-order valence-corrected chi connectivity index (χ1v) is 4.81. The van der Waals surface area contributed by atoms with Crippen molar-refractivity contribution in [2.24, 2.45) is 0 Å². The summed E-state index contributed by atoms with van der Waals surface area (Å²) in [6.07, 6.45) is 3.24. The second kappa shape index (κ2) is 7.79. The fraction of sp³-hybridized carbons (Fsp3) is 0.455.